The summed E-state index contributed by atoms with van der Waals surface area (Å²) in [7, 11) is 0. The van der Waals surface area contributed by atoms with Gasteiger partial charge in [0.2, 0.25) is 5.43 Å². The fourth-order valence-corrected chi connectivity index (χ4v) is 3.27. The maximum Gasteiger partial charge on any atom is 0.343 e. The van der Waals surface area contributed by atoms with Crippen LogP contribution in [0.2, 0.25) is 0 Å². The molecule has 0 radical (unpaired) electrons. The van der Waals surface area contributed by atoms with Crippen molar-refractivity contribution in [1.82, 2.24) is 4.57 Å². The summed E-state index contributed by atoms with van der Waals surface area (Å²) in [5.74, 6) is -2.71. The summed E-state index contributed by atoms with van der Waals surface area (Å²) >= 11 is 0. The number of ether oxygens (including phenoxy) is 1. The highest BCUT2D eigenvalue weighted by Gasteiger charge is 2.30. The molecule has 1 heterocycles. The molecule has 1 aromatic carbocycles. The smallest absolute Gasteiger partial charge is 0.343 e. The third-order valence-corrected chi connectivity index (χ3v) is 4.86. The number of benzene rings is 1. The van der Waals surface area contributed by atoms with Crippen LogP contribution in [0.25, 0.3) is 10.9 Å². The Bertz CT molecular complexity index is 953. The number of nitrogens with zero attached hydrogens (tertiary/aromatic N) is 1. The van der Waals surface area contributed by atoms with Crippen LogP contribution >= 0.6 is 0 Å². The van der Waals surface area contributed by atoms with Gasteiger partial charge in [-0.3, -0.25) is 4.79 Å². The lowest BCUT2D eigenvalue weighted by atomic mass is 9.88. The van der Waals surface area contributed by atoms with E-state index in [1.165, 1.54) is 6.20 Å². The van der Waals surface area contributed by atoms with Crippen LogP contribution in [0.5, 0.6) is 0 Å². The van der Waals surface area contributed by atoms with Crippen molar-refractivity contribution >= 4 is 16.9 Å². The Morgan fingerprint density at radius 3 is 2.52 bits per heavy atom. The average molecular weight is 377 g/mol. The Labute approximate surface area is 157 Å². The first kappa shape index (κ1) is 19.5. The summed E-state index contributed by atoms with van der Waals surface area (Å²) in [6, 6.07) is 0.995. The molecule has 0 aliphatic heterocycles. The summed E-state index contributed by atoms with van der Waals surface area (Å²) in [5.41, 5.74) is -0.209. The van der Waals surface area contributed by atoms with Crippen LogP contribution in [0.1, 0.15) is 68.9 Å². The van der Waals surface area contributed by atoms with Crippen molar-refractivity contribution in [3.63, 3.8) is 0 Å². The van der Waals surface area contributed by atoms with Gasteiger partial charge in [-0.1, -0.05) is 20.8 Å². The zero-order chi connectivity index (χ0) is 19.9. The second-order valence-electron chi connectivity index (χ2n) is 8.34. The van der Waals surface area contributed by atoms with Crippen molar-refractivity contribution in [3.05, 3.63) is 45.2 Å². The molecule has 0 amide bonds. The molecule has 1 aromatic heterocycles. The van der Waals surface area contributed by atoms with Gasteiger partial charge in [-0.05, 0) is 44.1 Å². The second-order valence-corrected chi connectivity index (χ2v) is 8.34. The number of carbonyl (C=O) groups is 1. The van der Waals surface area contributed by atoms with Crippen LogP contribution in [-0.4, -0.2) is 17.1 Å². The second kappa shape index (κ2) is 7.06. The molecule has 3 rings (SSSR count). The fraction of sp³-hybridized carbons (Fsp3) is 0.524. The lowest BCUT2D eigenvalue weighted by Crippen LogP contribution is -2.22. The van der Waals surface area contributed by atoms with Crippen LogP contribution < -0.4 is 5.43 Å². The maximum absolute atomic E-state index is 14.7. The Hall–Kier alpha value is -2.24. The molecule has 0 bridgehead atoms. The number of rotatable bonds is 5. The van der Waals surface area contributed by atoms with Crippen LogP contribution in [0.3, 0.4) is 0 Å². The van der Waals surface area contributed by atoms with E-state index in [0.717, 1.165) is 18.9 Å². The molecule has 1 fully saturated rings. The molecular formula is C21H25F2NO3. The number of carbonyl (C=O) groups excluding carboxylic acids is 1. The highest BCUT2D eigenvalue weighted by atomic mass is 19.2. The minimum absolute atomic E-state index is 0.0373. The topological polar surface area (TPSA) is 48.3 Å². The normalized spacial score (nSPS) is 14.6. The standard InChI is InChI=1S/C21H25F2NO3/c1-5-27-20(26)15-11-24(12-6-7-12)18-13(8-9-21(2,3)4)17(23)16(22)10-14(18)19(15)25/h10-12H,5-9H2,1-4H3. The number of aryl methyl sites for hydroxylation is 1. The Balaban J connectivity index is 2.29. The molecule has 0 atom stereocenters. The molecular weight excluding hydrogens is 352 g/mol. The zero-order valence-electron chi connectivity index (χ0n) is 16.2. The van der Waals surface area contributed by atoms with E-state index in [-0.39, 0.29) is 34.6 Å². The van der Waals surface area contributed by atoms with Gasteiger partial charge in [0.25, 0.3) is 0 Å². The molecule has 1 saturated carbocycles. The van der Waals surface area contributed by atoms with Gasteiger partial charge in [0.15, 0.2) is 11.6 Å². The Morgan fingerprint density at radius 2 is 1.96 bits per heavy atom. The van der Waals surface area contributed by atoms with Crippen LogP contribution in [0.15, 0.2) is 17.1 Å². The highest BCUT2D eigenvalue weighted by Crippen LogP contribution is 2.39. The SMILES string of the molecule is CCOC(=O)c1cn(C2CC2)c2c(CCC(C)(C)C)c(F)c(F)cc2c1=O. The first-order valence-electron chi connectivity index (χ1n) is 9.37. The molecule has 0 saturated heterocycles. The van der Waals surface area contributed by atoms with Gasteiger partial charge in [0.1, 0.15) is 5.56 Å². The average Bonchev–Trinajstić information content (AvgIpc) is 3.40. The summed E-state index contributed by atoms with van der Waals surface area (Å²) in [6.07, 6.45) is 4.16. The van der Waals surface area contributed by atoms with Crippen molar-refractivity contribution in [2.75, 3.05) is 6.61 Å². The lowest BCUT2D eigenvalue weighted by molar-refractivity contribution is 0.0524. The van der Waals surface area contributed by atoms with E-state index in [1.54, 1.807) is 11.5 Å². The van der Waals surface area contributed by atoms with Crippen LogP contribution in [0.4, 0.5) is 8.78 Å². The van der Waals surface area contributed by atoms with Crippen LogP contribution in [0, 0.1) is 17.0 Å². The van der Waals surface area contributed by atoms with Gasteiger partial charge in [0, 0.05) is 23.2 Å². The van der Waals surface area contributed by atoms with E-state index in [1.807, 2.05) is 20.8 Å². The first-order chi connectivity index (χ1) is 12.6. The predicted octanol–water partition coefficient (Wildman–Crippen LogP) is 4.77. The molecule has 1 aliphatic rings. The largest absolute Gasteiger partial charge is 0.462 e. The first-order valence-corrected chi connectivity index (χ1v) is 9.37. The van der Waals surface area contributed by atoms with Gasteiger partial charge < -0.3 is 9.30 Å². The van der Waals surface area contributed by atoms with Gasteiger partial charge in [-0.15, -0.1) is 0 Å². The molecule has 2 aromatic rings. The summed E-state index contributed by atoms with van der Waals surface area (Å²) in [5, 5.41) is 0.0373. The number of hydrogen-bond acceptors (Lipinski definition) is 3. The van der Waals surface area contributed by atoms with Crippen molar-refractivity contribution < 1.29 is 18.3 Å². The Kier molecular flexibility index (Phi) is 5.10. The van der Waals surface area contributed by atoms with Crippen LogP contribution in [-0.2, 0) is 11.2 Å². The van der Waals surface area contributed by atoms with E-state index in [9.17, 15) is 18.4 Å². The van der Waals surface area contributed by atoms with Gasteiger partial charge in [-0.2, -0.15) is 0 Å². The minimum atomic E-state index is -1.06. The number of pyridine rings is 1. The van der Waals surface area contributed by atoms with Crippen molar-refractivity contribution in [2.24, 2.45) is 5.41 Å². The number of fused-ring (bicyclic) bond motifs is 1. The van der Waals surface area contributed by atoms with E-state index in [2.05, 4.69) is 0 Å². The number of esters is 1. The monoisotopic (exact) mass is 377 g/mol. The van der Waals surface area contributed by atoms with Crippen molar-refractivity contribution in [3.8, 4) is 0 Å². The van der Waals surface area contributed by atoms with E-state index in [0.29, 0.717) is 18.4 Å². The molecule has 4 nitrogen and oxygen atoms in total. The van der Waals surface area contributed by atoms with Crippen molar-refractivity contribution in [1.29, 1.82) is 0 Å². The number of halogens is 2. The Morgan fingerprint density at radius 1 is 1.30 bits per heavy atom. The van der Waals surface area contributed by atoms with E-state index < -0.39 is 23.0 Å². The molecule has 1 aliphatic carbocycles. The third kappa shape index (κ3) is 3.89. The molecule has 27 heavy (non-hydrogen) atoms. The van der Waals surface area contributed by atoms with E-state index >= 15 is 0 Å². The lowest BCUT2D eigenvalue weighted by Gasteiger charge is -2.21. The van der Waals surface area contributed by atoms with Gasteiger partial charge >= 0.3 is 5.97 Å². The molecule has 146 valence electrons. The molecule has 0 spiro atoms. The molecule has 0 N–H and O–H groups in total. The number of aromatic nitrogens is 1. The zero-order valence-corrected chi connectivity index (χ0v) is 16.2. The molecule has 6 heteroatoms. The van der Waals surface area contributed by atoms with E-state index in [4.69, 9.17) is 4.74 Å². The number of hydrogen-bond donors (Lipinski definition) is 0. The summed E-state index contributed by atoms with van der Waals surface area (Å²) in [6.45, 7) is 7.87. The summed E-state index contributed by atoms with van der Waals surface area (Å²) in [4.78, 5) is 25.0. The van der Waals surface area contributed by atoms with Gasteiger partial charge in [-0.25, -0.2) is 13.6 Å². The highest BCUT2D eigenvalue weighted by molar-refractivity contribution is 5.94. The van der Waals surface area contributed by atoms with Crippen molar-refractivity contribution in [2.45, 2.75) is 59.4 Å². The summed E-state index contributed by atoms with van der Waals surface area (Å²) < 4.78 is 35.7. The molecule has 0 unspecified atom stereocenters. The predicted molar refractivity (Wildman–Crippen MR) is 100 cm³/mol. The fourth-order valence-electron chi connectivity index (χ4n) is 3.27. The quantitative estimate of drug-likeness (QED) is 0.705. The third-order valence-electron chi connectivity index (χ3n) is 4.86. The van der Waals surface area contributed by atoms with Gasteiger partial charge in [0.05, 0.1) is 12.1 Å². The maximum atomic E-state index is 14.7. The minimum Gasteiger partial charge on any atom is -0.462 e.